The van der Waals surface area contributed by atoms with E-state index in [0.29, 0.717) is 5.38 Å². The van der Waals surface area contributed by atoms with Crippen molar-refractivity contribution in [2.75, 3.05) is 0 Å². The topological polar surface area (TPSA) is 0 Å². The molecule has 0 bridgehead atoms. The normalized spacial score (nSPS) is 15.6. The van der Waals surface area contributed by atoms with Crippen LogP contribution in [0, 0.1) is 0 Å². The van der Waals surface area contributed by atoms with E-state index in [1.54, 1.807) is 0 Å². The average molecular weight is 109 g/mol. The molecular formula is C3H9ClSi. The van der Waals surface area contributed by atoms with Crippen LogP contribution in [0.5, 0.6) is 0 Å². The number of hydrogen-bond donors (Lipinski definition) is 0. The molecule has 2 heteroatoms. The van der Waals surface area contributed by atoms with Crippen LogP contribution >= 0.6 is 11.6 Å². The zero-order valence-corrected chi connectivity index (χ0v) is 6.42. The second-order valence-electron chi connectivity index (χ2n) is 1.19. The highest BCUT2D eigenvalue weighted by molar-refractivity contribution is 6.24. The van der Waals surface area contributed by atoms with Crippen molar-refractivity contribution >= 4 is 21.8 Å². The molecule has 0 saturated heterocycles. The Bertz CT molecular complexity index is 20.9. The van der Waals surface area contributed by atoms with Crippen LogP contribution in [0.2, 0.25) is 6.04 Å². The van der Waals surface area contributed by atoms with Crippen LogP contribution < -0.4 is 0 Å². The Labute approximate surface area is 40.9 Å². The second kappa shape index (κ2) is 2.73. The highest BCUT2D eigenvalue weighted by Crippen LogP contribution is 1.94. The molecule has 0 heterocycles. The Hall–Kier alpha value is 0.507. The molecule has 0 radical (unpaired) electrons. The molecule has 0 amide bonds. The molecule has 0 fully saturated rings. The zero-order chi connectivity index (χ0) is 4.28. The van der Waals surface area contributed by atoms with E-state index in [9.17, 15) is 0 Å². The van der Waals surface area contributed by atoms with Crippen LogP contribution in [-0.2, 0) is 0 Å². The van der Waals surface area contributed by atoms with Gasteiger partial charge in [0.15, 0.2) is 0 Å². The van der Waals surface area contributed by atoms with Crippen LogP contribution in [0.15, 0.2) is 0 Å². The standard InChI is InChI=1S/C3H9ClSi/c1-3(4)2-5/h3H,2H2,1,5H3. The van der Waals surface area contributed by atoms with Crippen LogP contribution in [0.1, 0.15) is 6.92 Å². The third kappa shape index (κ3) is 4.51. The lowest BCUT2D eigenvalue weighted by atomic mass is 10.6. The fraction of sp³-hybridized carbons (Fsp3) is 1.00. The molecule has 0 aromatic rings. The summed E-state index contributed by atoms with van der Waals surface area (Å²) in [6.45, 7) is 2.02. The van der Waals surface area contributed by atoms with E-state index in [2.05, 4.69) is 0 Å². The summed E-state index contributed by atoms with van der Waals surface area (Å²) in [7, 11) is 1.24. The molecule has 0 N–H and O–H groups in total. The van der Waals surface area contributed by atoms with Gasteiger partial charge in [0.2, 0.25) is 0 Å². The van der Waals surface area contributed by atoms with Gasteiger partial charge in [-0.15, -0.1) is 11.6 Å². The van der Waals surface area contributed by atoms with Gasteiger partial charge in [-0.3, -0.25) is 0 Å². The lowest BCUT2D eigenvalue weighted by molar-refractivity contribution is 1.09. The molecule has 0 saturated carbocycles. The van der Waals surface area contributed by atoms with Crippen LogP contribution in [-0.4, -0.2) is 15.6 Å². The van der Waals surface area contributed by atoms with Gasteiger partial charge in [0.25, 0.3) is 0 Å². The fourth-order valence-electron chi connectivity index (χ4n) is 0. The smallest absolute Gasteiger partial charge is 0.0276 e. The van der Waals surface area contributed by atoms with E-state index >= 15 is 0 Å². The highest BCUT2D eigenvalue weighted by atomic mass is 35.5. The van der Waals surface area contributed by atoms with E-state index in [-0.39, 0.29) is 0 Å². The van der Waals surface area contributed by atoms with Gasteiger partial charge in [0.1, 0.15) is 0 Å². The lowest BCUT2D eigenvalue weighted by Gasteiger charge is -1.87. The summed E-state index contributed by atoms with van der Waals surface area (Å²) in [6, 6.07) is 1.21. The molecule has 5 heavy (non-hydrogen) atoms. The molecule has 0 aliphatic rings. The quantitative estimate of drug-likeness (QED) is 0.337. The van der Waals surface area contributed by atoms with E-state index in [1.165, 1.54) is 16.3 Å². The third-order valence-electron chi connectivity index (χ3n) is 0.563. The first-order valence-corrected chi connectivity index (χ1v) is 3.76. The summed E-state index contributed by atoms with van der Waals surface area (Å²) in [4.78, 5) is 0. The van der Waals surface area contributed by atoms with Crippen molar-refractivity contribution in [3.05, 3.63) is 0 Å². The Morgan fingerprint density at radius 3 is 2.20 bits per heavy atom. The van der Waals surface area contributed by atoms with Crippen LogP contribution in [0.4, 0.5) is 0 Å². The summed E-state index contributed by atoms with van der Waals surface area (Å²) in [5.74, 6) is 0. The average Bonchev–Trinajstić information content (AvgIpc) is 1.38. The summed E-state index contributed by atoms with van der Waals surface area (Å²) < 4.78 is 0. The first-order chi connectivity index (χ1) is 2.27. The van der Waals surface area contributed by atoms with E-state index in [0.717, 1.165) is 0 Å². The largest absolute Gasteiger partial charge is 0.124 e. The monoisotopic (exact) mass is 108 g/mol. The molecule has 0 aromatic heterocycles. The Morgan fingerprint density at radius 1 is 2.00 bits per heavy atom. The van der Waals surface area contributed by atoms with E-state index in [1.807, 2.05) is 6.92 Å². The summed E-state index contributed by atoms with van der Waals surface area (Å²) in [5.41, 5.74) is 0. The van der Waals surface area contributed by atoms with Crippen LogP contribution in [0.25, 0.3) is 0 Å². The molecule has 32 valence electrons. The van der Waals surface area contributed by atoms with Crippen molar-refractivity contribution in [3.63, 3.8) is 0 Å². The maximum Gasteiger partial charge on any atom is 0.0276 e. The molecule has 0 aliphatic heterocycles. The predicted octanol–water partition coefficient (Wildman–Crippen LogP) is 0.397. The molecule has 0 nitrogen and oxygen atoms in total. The van der Waals surface area contributed by atoms with Gasteiger partial charge in [-0.2, -0.15) is 0 Å². The van der Waals surface area contributed by atoms with Crippen molar-refractivity contribution in [3.8, 4) is 0 Å². The summed E-state index contributed by atoms with van der Waals surface area (Å²) >= 11 is 5.50. The van der Waals surface area contributed by atoms with E-state index < -0.39 is 0 Å². The number of rotatable bonds is 1. The number of hydrogen-bond acceptors (Lipinski definition) is 0. The van der Waals surface area contributed by atoms with Crippen molar-refractivity contribution in [1.82, 2.24) is 0 Å². The minimum Gasteiger partial charge on any atom is -0.124 e. The molecular weight excluding hydrogens is 99.6 g/mol. The molecule has 0 rings (SSSR count). The summed E-state index contributed by atoms with van der Waals surface area (Å²) in [6.07, 6.45) is 0. The van der Waals surface area contributed by atoms with Gasteiger partial charge < -0.3 is 0 Å². The third-order valence-corrected chi connectivity index (χ3v) is 2.61. The van der Waals surface area contributed by atoms with Gasteiger partial charge in [0.05, 0.1) is 0 Å². The van der Waals surface area contributed by atoms with Gasteiger partial charge in [-0.1, -0.05) is 0 Å². The molecule has 1 unspecified atom stereocenters. The molecule has 0 spiro atoms. The van der Waals surface area contributed by atoms with E-state index in [4.69, 9.17) is 11.6 Å². The van der Waals surface area contributed by atoms with Crippen LogP contribution in [0.3, 0.4) is 0 Å². The Morgan fingerprint density at radius 2 is 2.20 bits per heavy atom. The predicted molar refractivity (Wildman–Crippen MR) is 30.1 cm³/mol. The first-order valence-electron chi connectivity index (χ1n) is 1.91. The minimum atomic E-state index is 0.418. The van der Waals surface area contributed by atoms with Gasteiger partial charge in [-0.25, -0.2) is 0 Å². The maximum atomic E-state index is 5.50. The Kier molecular flexibility index (Phi) is 3.01. The Balaban J connectivity index is 2.54. The number of alkyl halides is 1. The fourth-order valence-corrected chi connectivity index (χ4v) is 0. The second-order valence-corrected chi connectivity index (χ2v) is 2.75. The van der Waals surface area contributed by atoms with Gasteiger partial charge in [0, 0.05) is 15.6 Å². The highest BCUT2D eigenvalue weighted by Gasteiger charge is 1.83. The van der Waals surface area contributed by atoms with Crippen molar-refractivity contribution < 1.29 is 0 Å². The molecule has 0 aliphatic carbocycles. The minimum absolute atomic E-state index is 0.418. The van der Waals surface area contributed by atoms with Crippen molar-refractivity contribution in [2.24, 2.45) is 0 Å². The van der Waals surface area contributed by atoms with Gasteiger partial charge >= 0.3 is 0 Å². The maximum absolute atomic E-state index is 5.50. The SMILES string of the molecule is CC(Cl)C[SiH3]. The number of halogens is 1. The molecule has 1 atom stereocenters. The lowest BCUT2D eigenvalue weighted by Crippen LogP contribution is -1.84. The zero-order valence-electron chi connectivity index (χ0n) is 3.66. The van der Waals surface area contributed by atoms with Crippen molar-refractivity contribution in [2.45, 2.75) is 18.3 Å². The molecule has 0 aromatic carbocycles. The first kappa shape index (κ1) is 5.51. The van der Waals surface area contributed by atoms with Crippen molar-refractivity contribution in [1.29, 1.82) is 0 Å². The van der Waals surface area contributed by atoms with Gasteiger partial charge in [-0.05, 0) is 13.0 Å². The summed E-state index contributed by atoms with van der Waals surface area (Å²) in [5, 5.41) is 0.418.